The molecule has 0 atom stereocenters. The molecule has 144 valence electrons. The van der Waals surface area contributed by atoms with Crippen LogP contribution in [0, 0.1) is 0 Å². The number of aliphatic hydroxyl groups is 1. The molecule has 0 aromatic carbocycles. The van der Waals surface area contributed by atoms with Crippen LogP contribution >= 0.6 is 0 Å². The molecule has 0 aliphatic rings. The van der Waals surface area contributed by atoms with Gasteiger partial charge in [-0.1, -0.05) is 82.6 Å². The maximum Gasteiger partial charge on any atom is 0.178 e. The van der Waals surface area contributed by atoms with Crippen LogP contribution in [0.4, 0.5) is 0 Å². The van der Waals surface area contributed by atoms with Crippen molar-refractivity contribution in [1.29, 1.82) is 0 Å². The number of carbonyl (C=O) groups excluding carboxylic acids is 1. The molecule has 0 saturated carbocycles. The number of aliphatic hydroxyl groups excluding tert-OH is 1. The number of carbonyl (C=O) groups is 1. The van der Waals surface area contributed by atoms with Gasteiger partial charge in [-0.15, -0.1) is 0 Å². The average molecular weight is 349 g/mol. The maximum atomic E-state index is 11.3. The molecule has 0 aliphatic carbocycles. The summed E-state index contributed by atoms with van der Waals surface area (Å²) in [6.45, 7) is 2.19. The largest absolute Gasteiger partial charge is 0.392 e. The molecule has 0 rings (SSSR count). The molecule has 0 aromatic rings. The van der Waals surface area contributed by atoms with Gasteiger partial charge in [0.2, 0.25) is 0 Å². The lowest BCUT2D eigenvalue weighted by Gasteiger charge is -1.99. The van der Waals surface area contributed by atoms with Gasteiger partial charge in [-0.25, -0.2) is 0 Å². The lowest BCUT2D eigenvalue weighted by molar-refractivity contribution is -0.110. The second-order valence-electron chi connectivity index (χ2n) is 6.76. The standard InChI is InChI=1S/C23H40O2/c1-2-3-4-5-6-7-8-9-10-11-12-13-14-15-16-17-18-20-23(25)21-19-22-24/h9-10,18-21,24H,2-8,11-17,22H2,1H3. The molecule has 2 heteroatoms. The van der Waals surface area contributed by atoms with Crippen molar-refractivity contribution in [3.8, 4) is 0 Å². The van der Waals surface area contributed by atoms with Crippen molar-refractivity contribution in [2.24, 2.45) is 0 Å². The fraction of sp³-hybridized carbons (Fsp3) is 0.696. The number of rotatable bonds is 18. The summed E-state index contributed by atoms with van der Waals surface area (Å²) in [5.41, 5.74) is 0. The van der Waals surface area contributed by atoms with Crippen molar-refractivity contribution in [3.63, 3.8) is 0 Å². The Morgan fingerprint density at radius 1 is 0.640 bits per heavy atom. The van der Waals surface area contributed by atoms with Crippen molar-refractivity contribution in [1.82, 2.24) is 0 Å². The summed E-state index contributed by atoms with van der Waals surface area (Å²) in [4.78, 5) is 11.3. The highest BCUT2D eigenvalue weighted by Gasteiger charge is 1.91. The smallest absolute Gasteiger partial charge is 0.178 e. The predicted octanol–water partition coefficient (Wildman–Crippen LogP) is 6.70. The lowest BCUT2D eigenvalue weighted by atomic mass is 10.1. The molecule has 0 aromatic heterocycles. The molecule has 0 saturated heterocycles. The highest BCUT2D eigenvalue weighted by atomic mass is 16.2. The molecule has 0 fully saturated rings. The third-order valence-electron chi connectivity index (χ3n) is 4.30. The molecule has 0 unspecified atom stereocenters. The Kier molecular flexibility index (Phi) is 19.9. The van der Waals surface area contributed by atoms with E-state index in [4.69, 9.17) is 5.11 Å². The van der Waals surface area contributed by atoms with E-state index in [0.29, 0.717) is 0 Å². The van der Waals surface area contributed by atoms with Crippen LogP contribution in [-0.4, -0.2) is 17.5 Å². The molecular formula is C23H40O2. The van der Waals surface area contributed by atoms with Crippen LogP contribution in [-0.2, 0) is 4.79 Å². The van der Waals surface area contributed by atoms with E-state index in [9.17, 15) is 4.79 Å². The Morgan fingerprint density at radius 3 is 1.60 bits per heavy atom. The monoisotopic (exact) mass is 348 g/mol. The highest BCUT2D eigenvalue weighted by Crippen LogP contribution is 2.10. The second kappa shape index (κ2) is 20.9. The first-order chi connectivity index (χ1) is 12.3. The van der Waals surface area contributed by atoms with Gasteiger partial charge >= 0.3 is 0 Å². The Morgan fingerprint density at radius 2 is 1.08 bits per heavy atom. The molecule has 0 bridgehead atoms. The SMILES string of the molecule is CCCCCCCCC=CCCCCCCCC=CC(=O)C=CCO. The van der Waals surface area contributed by atoms with E-state index in [0.717, 1.165) is 12.8 Å². The summed E-state index contributed by atoms with van der Waals surface area (Å²) >= 11 is 0. The van der Waals surface area contributed by atoms with Gasteiger partial charge in [0.05, 0.1) is 6.61 Å². The highest BCUT2D eigenvalue weighted by molar-refractivity contribution is 5.99. The lowest BCUT2D eigenvalue weighted by Crippen LogP contribution is -1.86. The molecular weight excluding hydrogens is 308 g/mol. The molecule has 0 spiro atoms. The summed E-state index contributed by atoms with van der Waals surface area (Å²) in [7, 11) is 0. The topological polar surface area (TPSA) is 37.3 Å². The Balaban J connectivity index is 3.25. The van der Waals surface area contributed by atoms with Gasteiger partial charge in [0.1, 0.15) is 0 Å². The van der Waals surface area contributed by atoms with Crippen LogP contribution in [0.3, 0.4) is 0 Å². The normalized spacial score (nSPS) is 12.1. The van der Waals surface area contributed by atoms with E-state index in [-0.39, 0.29) is 12.4 Å². The fourth-order valence-corrected chi connectivity index (χ4v) is 2.76. The van der Waals surface area contributed by atoms with Crippen LogP contribution in [0.25, 0.3) is 0 Å². The summed E-state index contributed by atoms with van der Waals surface area (Å²) in [5.74, 6) is -0.0400. The Labute approximate surface area is 156 Å². The van der Waals surface area contributed by atoms with Gasteiger partial charge in [-0.2, -0.15) is 0 Å². The van der Waals surface area contributed by atoms with E-state index in [2.05, 4.69) is 19.1 Å². The minimum absolute atomic E-state index is 0.0400. The van der Waals surface area contributed by atoms with Gasteiger partial charge in [0, 0.05) is 0 Å². The second-order valence-corrected chi connectivity index (χ2v) is 6.76. The van der Waals surface area contributed by atoms with Crippen molar-refractivity contribution in [2.75, 3.05) is 6.61 Å². The van der Waals surface area contributed by atoms with Gasteiger partial charge in [0.15, 0.2) is 5.78 Å². The Bertz CT molecular complexity index is 366. The van der Waals surface area contributed by atoms with E-state index >= 15 is 0 Å². The molecule has 2 nitrogen and oxygen atoms in total. The predicted molar refractivity (Wildman–Crippen MR) is 110 cm³/mol. The number of hydrogen-bond acceptors (Lipinski definition) is 2. The molecule has 0 heterocycles. The summed E-state index contributed by atoms with van der Waals surface area (Å²) in [6, 6.07) is 0. The summed E-state index contributed by atoms with van der Waals surface area (Å²) in [6.07, 6.45) is 29.2. The zero-order valence-electron chi connectivity index (χ0n) is 16.4. The molecule has 1 N–H and O–H groups in total. The van der Waals surface area contributed by atoms with E-state index in [1.807, 2.05) is 6.08 Å². The summed E-state index contributed by atoms with van der Waals surface area (Å²) < 4.78 is 0. The van der Waals surface area contributed by atoms with Gasteiger partial charge in [-0.05, 0) is 50.7 Å². The van der Waals surface area contributed by atoms with Gasteiger partial charge in [0.25, 0.3) is 0 Å². The molecule has 0 aliphatic heterocycles. The van der Waals surface area contributed by atoms with Crippen molar-refractivity contribution >= 4 is 5.78 Å². The van der Waals surface area contributed by atoms with E-state index in [1.165, 1.54) is 89.2 Å². The first kappa shape index (κ1) is 23.9. The molecule has 25 heavy (non-hydrogen) atoms. The first-order valence-electron chi connectivity index (χ1n) is 10.4. The Hall–Kier alpha value is -1.15. The number of allylic oxidation sites excluding steroid dienone is 5. The van der Waals surface area contributed by atoms with Gasteiger partial charge < -0.3 is 5.11 Å². The van der Waals surface area contributed by atoms with Crippen LogP contribution in [0.1, 0.15) is 96.8 Å². The van der Waals surface area contributed by atoms with Crippen molar-refractivity contribution in [3.05, 3.63) is 36.5 Å². The third kappa shape index (κ3) is 20.8. The van der Waals surface area contributed by atoms with Crippen LogP contribution < -0.4 is 0 Å². The van der Waals surface area contributed by atoms with Crippen LogP contribution in [0.5, 0.6) is 0 Å². The van der Waals surface area contributed by atoms with E-state index < -0.39 is 0 Å². The van der Waals surface area contributed by atoms with Crippen LogP contribution in [0.15, 0.2) is 36.5 Å². The minimum atomic E-state index is -0.0756. The molecule has 0 amide bonds. The maximum absolute atomic E-state index is 11.3. The minimum Gasteiger partial charge on any atom is -0.392 e. The zero-order valence-corrected chi connectivity index (χ0v) is 16.4. The quantitative estimate of drug-likeness (QED) is 0.170. The van der Waals surface area contributed by atoms with E-state index in [1.54, 1.807) is 6.08 Å². The number of ketones is 1. The number of unbranched alkanes of at least 4 members (excludes halogenated alkanes) is 12. The number of hydrogen-bond donors (Lipinski definition) is 1. The summed E-state index contributed by atoms with van der Waals surface area (Å²) in [5, 5.41) is 8.57. The zero-order chi connectivity index (χ0) is 18.4. The fourth-order valence-electron chi connectivity index (χ4n) is 2.76. The van der Waals surface area contributed by atoms with Crippen molar-refractivity contribution in [2.45, 2.75) is 96.8 Å². The van der Waals surface area contributed by atoms with Gasteiger partial charge in [-0.3, -0.25) is 4.79 Å². The van der Waals surface area contributed by atoms with Crippen LogP contribution in [0.2, 0.25) is 0 Å². The third-order valence-corrected chi connectivity index (χ3v) is 4.30. The first-order valence-corrected chi connectivity index (χ1v) is 10.4. The van der Waals surface area contributed by atoms with Crippen molar-refractivity contribution < 1.29 is 9.90 Å². The molecule has 0 radical (unpaired) electrons. The average Bonchev–Trinajstić information content (AvgIpc) is 2.62.